The van der Waals surface area contributed by atoms with Crippen LogP contribution in [0.3, 0.4) is 0 Å². The number of amides is 1. The second-order valence-corrected chi connectivity index (χ2v) is 3.75. The van der Waals surface area contributed by atoms with Crippen molar-refractivity contribution in [1.29, 1.82) is 5.26 Å². The van der Waals surface area contributed by atoms with Gasteiger partial charge in [-0.15, -0.1) is 0 Å². The number of hydrogen-bond donors (Lipinski definition) is 0. The maximum atomic E-state index is 12.5. The van der Waals surface area contributed by atoms with Gasteiger partial charge >= 0.3 is 6.18 Å². The van der Waals surface area contributed by atoms with Crippen LogP contribution in [0.2, 0.25) is 0 Å². The molecule has 0 spiro atoms. The standard InChI is InChI=1S/C11H7F3N2O/c1-16-9(5-15)8-4-6(11(12,13)14)2-3-7(8)10(16)17/h2-4,9H,1H3. The Hall–Kier alpha value is -2.03. The normalized spacial score (nSPS) is 19.1. The highest BCUT2D eigenvalue weighted by Gasteiger charge is 2.38. The Morgan fingerprint density at radius 3 is 2.59 bits per heavy atom. The van der Waals surface area contributed by atoms with Gasteiger partial charge in [-0.2, -0.15) is 18.4 Å². The maximum absolute atomic E-state index is 12.5. The van der Waals surface area contributed by atoms with Gasteiger partial charge in [0.1, 0.15) is 6.04 Å². The summed E-state index contributed by atoms with van der Waals surface area (Å²) in [6.07, 6.45) is -4.47. The SMILES string of the molecule is CN1C(=O)c2ccc(C(F)(F)F)cc2C1C#N. The van der Waals surface area contributed by atoms with Gasteiger partial charge in [-0.3, -0.25) is 4.79 Å². The van der Waals surface area contributed by atoms with Crippen molar-refractivity contribution in [2.24, 2.45) is 0 Å². The minimum Gasteiger partial charge on any atom is -0.322 e. The van der Waals surface area contributed by atoms with Crippen molar-refractivity contribution < 1.29 is 18.0 Å². The number of nitrogens with zero attached hydrogens (tertiary/aromatic N) is 2. The van der Waals surface area contributed by atoms with E-state index in [0.717, 1.165) is 23.1 Å². The number of carbonyl (C=O) groups excluding carboxylic acids is 1. The van der Waals surface area contributed by atoms with Gasteiger partial charge in [0, 0.05) is 18.2 Å². The molecule has 1 aliphatic rings. The number of rotatable bonds is 0. The first-order chi connectivity index (χ1) is 7.86. The lowest BCUT2D eigenvalue weighted by atomic mass is 10.0. The van der Waals surface area contributed by atoms with Crippen molar-refractivity contribution in [3.63, 3.8) is 0 Å². The second-order valence-electron chi connectivity index (χ2n) is 3.75. The fourth-order valence-corrected chi connectivity index (χ4v) is 1.83. The number of benzene rings is 1. The molecule has 17 heavy (non-hydrogen) atoms. The van der Waals surface area contributed by atoms with Crippen molar-refractivity contribution in [1.82, 2.24) is 4.90 Å². The van der Waals surface area contributed by atoms with E-state index in [1.807, 2.05) is 6.07 Å². The molecule has 0 saturated carbocycles. The minimum atomic E-state index is -4.47. The molecule has 6 heteroatoms. The summed E-state index contributed by atoms with van der Waals surface area (Å²) in [6, 6.07) is 3.71. The fourth-order valence-electron chi connectivity index (χ4n) is 1.83. The lowest BCUT2D eigenvalue weighted by Crippen LogP contribution is -2.21. The third-order valence-corrected chi connectivity index (χ3v) is 2.73. The molecule has 0 radical (unpaired) electrons. The fraction of sp³-hybridized carbons (Fsp3) is 0.273. The van der Waals surface area contributed by atoms with Crippen LogP contribution in [0.25, 0.3) is 0 Å². The molecule has 1 aromatic rings. The summed E-state index contributed by atoms with van der Waals surface area (Å²) >= 11 is 0. The molecule has 0 fully saturated rings. The molecule has 3 nitrogen and oxygen atoms in total. The molecule has 88 valence electrons. The number of fused-ring (bicyclic) bond motifs is 1. The smallest absolute Gasteiger partial charge is 0.322 e. The Balaban J connectivity index is 2.59. The molecular weight excluding hydrogens is 233 g/mol. The van der Waals surface area contributed by atoms with Crippen LogP contribution in [0.1, 0.15) is 27.5 Å². The molecule has 2 rings (SSSR count). The van der Waals surface area contributed by atoms with Gasteiger partial charge in [0.15, 0.2) is 0 Å². The molecule has 0 bridgehead atoms. The predicted octanol–water partition coefficient (Wildman–Crippen LogP) is 2.36. The van der Waals surface area contributed by atoms with Crippen LogP contribution in [-0.4, -0.2) is 17.9 Å². The first-order valence-electron chi connectivity index (χ1n) is 4.74. The van der Waals surface area contributed by atoms with Crippen LogP contribution in [0.4, 0.5) is 13.2 Å². The summed E-state index contributed by atoms with van der Waals surface area (Å²) in [5.74, 6) is -0.430. The van der Waals surface area contributed by atoms with E-state index in [1.165, 1.54) is 7.05 Å². The lowest BCUT2D eigenvalue weighted by Gasteiger charge is -2.13. The van der Waals surface area contributed by atoms with E-state index >= 15 is 0 Å². The maximum Gasteiger partial charge on any atom is 0.416 e. The highest BCUT2D eigenvalue weighted by molar-refractivity contribution is 5.99. The average Bonchev–Trinajstić information content (AvgIpc) is 2.50. The quantitative estimate of drug-likeness (QED) is 0.698. The van der Waals surface area contributed by atoms with Gasteiger partial charge < -0.3 is 4.90 Å². The molecule has 0 N–H and O–H groups in total. The Labute approximate surface area is 95.1 Å². The zero-order chi connectivity index (χ0) is 12.8. The minimum absolute atomic E-state index is 0.120. The van der Waals surface area contributed by atoms with Gasteiger partial charge in [-0.25, -0.2) is 0 Å². The molecule has 1 heterocycles. The highest BCUT2D eigenvalue weighted by atomic mass is 19.4. The van der Waals surface area contributed by atoms with Crippen LogP contribution in [0.15, 0.2) is 18.2 Å². The van der Waals surface area contributed by atoms with E-state index in [2.05, 4.69) is 0 Å². The number of alkyl halides is 3. The second kappa shape index (κ2) is 3.48. The molecule has 1 unspecified atom stereocenters. The highest BCUT2D eigenvalue weighted by Crippen LogP contribution is 2.37. The third kappa shape index (κ3) is 1.64. The van der Waals surface area contributed by atoms with E-state index in [4.69, 9.17) is 5.26 Å². The predicted molar refractivity (Wildman–Crippen MR) is 51.9 cm³/mol. The summed E-state index contributed by atoms with van der Waals surface area (Å²) in [4.78, 5) is 12.8. The van der Waals surface area contributed by atoms with E-state index in [-0.39, 0.29) is 11.1 Å². The number of carbonyl (C=O) groups is 1. The molecule has 0 saturated heterocycles. The summed E-state index contributed by atoms with van der Waals surface area (Å²) in [5.41, 5.74) is -0.568. The van der Waals surface area contributed by atoms with Crippen molar-refractivity contribution >= 4 is 5.91 Å². The lowest BCUT2D eigenvalue weighted by molar-refractivity contribution is -0.137. The van der Waals surface area contributed by atoms with E-state index in [1.54, 1.807) is 0 Å². The topological polar surface area (TPSA) is 44.1 Å². The van der Waals surface area contributed by atoms with Crippen LogP contribution in [-0.2, 0) is 6.18 Å². The third-order valence-electron chi connectivity index (χ3n) is 2.73. The monoisotopic (exact) mass is 240 g/mol. The van der Waals surface area contributed by atoms with Crippen molar-refractivity contribution in [3.05, 3.63) is 34.9 Å². The van der Waals surface area contributed by atoms with E-state index in [9.17, 15) is 18.0 Å². The molecule has 1 aliphatic heterocycles. The summed E-state index contributed by atoms with van der Waals surface area (Å²) in [6.45, 7) is 0. The summed E-state index contributed by atoms with van der Waals surface area (Å²) in [5, 5.41) is 8.87. The number of hydrogen-bond acceptors (Lipinski definition) is 2. The van der Waals surface area contributed by atoms with Gasteiger partial charge in [0.25, 0.3) is 5.91 Å². The Bertz CT molecular complexity index is 530. The Morgan fingerprint density at radius 1 is 1.41 bits per heavy atom. The summed E-state index contributed by atoms with van der Waals surface area (Å²) in [7, 11) is 1.39. The molecule has 0 aliphatic carbocycles. The van der Waals surface area contributed by atoms with Crippen LogP contribution in [0, 0.1) is 11.3 Å². The van der Waals surface area contributed by atoms with E-state index in [0.29, 0.717) is 0 Å². The van der Waals surface area contributed by atoms with Crippen LogP contribution in [0.5, 0.6) is 0 Å². The van der Waals surface area contributed by atoms with Crippen LogP contribution < -0.4 is 0 Å². The van der Waals surface area contributed by atoms with Crippen molar-refractivity contribution in [3.8, 4) is 6.07 Å². The number of nitriles is 1. The molecule has 1 amide bonds. The van der Waals surface area contributed by atoms with Gasteiger partial charge in [0.2, 0.25) is 0 Å². The molecule has 1 atom stereocenters. The van der Waals surface area contributed by atoms with Crippen molar-refractivity contribution in [2.45, 2.75) is 12.2 Å². The first-order valence-corrected chi connectivity index (χ1v) is 4.74. The molecule has 1 aromatic carbocycles. The molecular formula is C11H7F3N2O. The van der Waals surface area contributed by atoms with E-state index < -0.39 is 23.7 Å². The molecule has 0 aromatic heterocycles. The summed E-state index contributed by atoms with van der Waals surface area (Å²) < 4.78 is 37.5. The van der Waals surface area contributed by atoms with Gasteiger partial charge in [-0.05, 0) is 18.2 Å². The largest absolute Gasteiger partial charge is 0.416 e. The Morgan fingerprint density at radius 2 is 2.06 bits per heavy atom. The van der Waals surface area contributed by atoms with Gasteiger partial charge in [-0.1, -0.05) is 0 Å². The van der Waals surface area contributed by atoms with Gasteiger partial charge in [0.05, 0.1) is 11.6 Å². The first kappa shape index (κ1) is 11.5. The van der Waals surface area contributed by atoms with Crippen LogP contribution >= 0.6 is 0 Å². The van der Waals surface area contributed by atoms with Crippen molar-refractivity contribution in [2.75, 3.05) is 7.05 Å². The number of halogens is 3. The zero-order valence-electron chi connectivity index (χ0n) is 8.75. The average molecular weight is 240 g/mol. The zero-order valence-corrected chi connectivity index (χ0v) is 8.75. The Kier molecular flexibility index (Phi) is 2.35.